The molecule has 2 amide bonds. The minimum Gasteiger partial charge on any atom is -0.449 e. The van der Waals surface area contributed by atoms with E-state index in [0.717, 1.165) is 0 Å². The predicted octanol–water partition coefficient (Wildman–Crippen LogP) is 1.46. The summed E-state index contributed by atoms with van der Waals surface area (Å²) in [6.07, 6.45) is -0.240. The van der Waals surface area contributed by atoms with Gasteiger partial charge in [0.15, 0.2) is 5.78 Å². The van der Waals surface area contributed by atoms with Crippen molar-refractivity contribution in [3.63, 3.8) is 0 Å². The number of Topliss-reactive ketones (excluding diaryl/α,β-unsaturated/α-hetero) is 2. The van der Waals surface area contributed by atoms with Gasteiger partial charge in [0.2, 0.25) is 5.78 Å². The second-order valence-electron chi connectivity index (χ2n) is 8.42. The number of carbonyl (C=O) groups is 4. The highest BCUT2D eigenvalue weighted by Crippen LogP contribution is 2.15. The van der Waals surface area contributed by atoms with Gasteiger partial charge in [-0.1, -0.05) is 34.6 Å². The molecule has 0 bridgehead atoms. The van der Waals surface area contributed by atoms with E-state index in [1.165, 1.54) is 0 Å². The van der Waals surface area contributed by atoms with Gasteiger partial charge in [-0.3, -0.25) is 14.4 Å². The number of hydrogen-bond donors (Lipinski definition) is 2. The summed E-state index contributed by atoms with van der Waals surface area (Å²) in [6.45, 7) is 10.4. The van der Waals surface area contributed by atoms with Crippen molar-refractivity contribution in [2.24, 2.45) is 17.3 Å². The van der Waals surface area contributed by atoms with Crippen LogP contribution in [0.1, 0.15) is 47.5 Å². The van der Waals surface area contributed by atoms with E-state index < -0.39 is 29.7 Å². The molecule has 8 heteroatoms. The second-order valence-corrected chi connectivity index (χ2v) is 8.42. The summed E-state index contributed by atoms with van der Waals surface area (Å²) in [6, 6.07) is -0.805. The highest BCUT2D eigenvalue weighted by atomic mass is 16.5. The Morgan fingerprint density at radius 3 is 2.56 bits per heavy atom. The van der Waals surface area contributed by atoms with Crippen molar-refractivity contribution in [3.05, 3.63) is 0 Å². The summed E-state index contributed by atoms with van der Waals surface area (Å²) >= 11 is 0. The number of alkyl carbamates (subject to hydrolysis) is 1. The summed E-state index contributed by atoms with van der Waals surface area (Å²) in [5.41, 5.74) is -0.191. The third-order valence-corrected chi connectivity index (χ3v) is 4.04. The van der Waals surface area contributed by atoms with Crippen molar-refractivity contribution in [2.45, 2.75) is 53.5 Å². The van der Waals surface area contributed by atoms with Crippen LogP contribution < -0.4 is 10.6 Å². The molecule has 1 fully saturated rings. The van der Waals surface area contributed by atoms with Crippen LogP contribution in [0.4, 0.5) is 4.79 Å². The third kappa shape index (κ3) is 8.51. The summed E-state index contributed by atoms with van der Waals surface area (Å²) in [7, 11) is 0. The third-order valence-electron chi connectivity index (χ3n) is 4.04. The van der Waals surface area contributed by atoms with Crippen molar-refractivity contribution in [3.8, 4) is 0 Å². The van der Waals surface area contributed by atoms with Gasteiger partial charge in [0.05, 0.1) is 25.2 Å². The number of amides is 2. The van der Waals surface area contributed by atoms with E-state index in [0.29, 0.717) is 19.6 Å². The van der Waals surface area contributed by atoms with E-state index in [-0.39, 0.29) is 36.8 Å². The lowest BCUT2D eigenvalue weighted by atomic mass is 9.90. The molecule has 1 saturated heterocycles. The highest BCUT2D eigenvalue weighted by Gasteiger charge is 2.33. The van der Waals surface area contributed by atoms with Crippen LogP contribution in [0.15, 0.2) is 0 Å². The zero-order valence-electron chi connectivity index (χ0n) is 16.9. The first-order valence-electron chi connectivity index (χ1n) is 9.37. The van der Waals surface area contributed by atoms with Crippen LogP contribution in [0.2, 0.25) is 0 Å². The molecule has 2 atom stereocenters. The van der Waals surface area contributed by atoms with Gasteiger partial charge in [0, 0.05) is 19.6 Å². The van der Waals surface area contributed by atoms with Crippen LogP contribution in [0.3, 0.4) is 0 Å². The molecule has 1 rings (SSSR count). The molecule has 2 N–H and O–H groups in total. The molecule has 2 unspecified atom stereocenters. The minimum atomic E-state index is -0.857. The Kier molecular flexibility index (Phi) is 8.88. The molecule has 0 spiro atoms. The van der Waals surface area contributed by atoms with E-state index in [4.69, 9.17) is 9.47 Å². The van der Waals surface area contributed by atoms with E-state index in [1.807, 2.05) is 20.8 Å². The summed E-state index contributed by atoms with van der Waals surface area (Å²) in [5.74, 6) is -2.74. The Morgan fingerprint density at radius 1 is 1.30 bits per heavy atom. The van der Waals surface area contributed by atoms with E-state index in [9.17, 15) is 19.2 Å². The molecule has 0 aromatic rings. The molecule has 154 valence electrons. The quantitative estimate of drug-likeness (QED) is 0.671. The number of rotatable bonds is 6. The normalized spacial score (nSPS) is 20.1. The van der Waals surface area contributed by atoms with Gasteiger partial charge in [-0.15, -0.1) is 0 Å². The monoisotopic (exact) mass is 384 g/mol. The summed E-state index contributed by atoms with van der Waals surface area (Å²) in [5, 5.41) is 5.10. The van der Waals surface area contributed by atoms with E-state index >= 15 is 0 Å². The number of ketones is 2. The predicted molar refractivity (Wildman–Crippen MR) is 99.1 cm³/mol. The van der Waals surface area contributed by atoms with Gasteiger partial charge in [-0.25, -0.2) is 4.79 Å². The lowest BCUT2D eigenvalue weighted by Crippen LogP contribution is -2.47. The second kappa shape index (κ2) is 10.4. The van der Waals surface area contributed by atoms with Crippen LogP contribution in [0, 0.1) is 17.3 Å². The zero-order chi connectivity index (χ0) is 20.6. The molecule has 0 aromatic carbocycles. The van der Waals surface area contributed by atoms with Crippen LogP contribution in [0.5, 0.6) is 0 Å². The van der Waals surface area contributed by atoms with Crippen molar-refractivity contribution < 1.29 is 28.7 Å². The number of carbonyl (C=O) groups excluding carboxylic acids is 4. The molecule has 27 heavy (non-hydrogen) atoms. The van der Waals surface area contributed by atoms with Gasteiger partial charge >= 0.3 is 6.09 Å². The lowest BCUT2D eigenvalue weighted by molar-refractivity contribution is -0.142. The smallest absolute Gasteiger partial charge is 0.407 e. The first kappa shape index (κ1) is 23.1. The topological polar surface area (TPSA) is 111 Å². The minimum absolute atomic E-state index is 0.0112. The molecule has 0 aliphatic carbocycles. The van der Waals surface area contributed by atoms with Crippen molar-refractivity contribution >= 4 is 23.6 Å². The molecule has 0 radical (unpaired) electrons. The van der Waals surface area contributed by atoms with Crippen LogP contribution in [0.25, 0.3) is 0 Å². The maximum atomic E-state index is 12.7. The molecular weight excluding hydrogens is 352 g/mol. The van der Waals surface area contributed by atoms with Crippen LogP contribution in [-0.2, 0) is 23.9 Å². The zero-order valence-corrected chi connectivity index (χ0v) is 16.9. The maximum absolute atomic E-state index is 12.7. The van der Waals surface area contributed by atoms with Crippen LogP contribution >= 0.6 is 0 Å². The molecular formula is C19H32N2O6. The van der Waals surface area contributed by atoms with Gasteiger partial charge in [0.1, 0.15) is 0 Å². The SMILES string of the molecule is CC(C)C(NC(=O)OCC(C)(C)C)C(=O)CC1COCCCNC(=O)C1=O. The Labute approximate surface area is 160 Å². The lowest BCUT2D eigenvalue weighted by Gasteiger charge is -2.24. The Hall–Kier alpha value is -1.96. The fourth-order valence-corrected chi connectivity index (χ4v) is 2.54. The van der Waals surface area contributed by atoms with Crippen molar-refractivity contribution in [1.29, 1.82) is 0 Å². The van der Waals surface area contributed by atoms with Gasteiger partial charge in [-0.2, -0.15) is 0 Å². The Bertz CT molecular complexity index is 553. The summed E-state index contributed by atoms with van der Waals surface area (Å²) < 4.78 is 10.6. The standard InChI is InChI=1S/C19H32N2O6/c1-12(2)15(21-18(25)27-11-19(3,4)5)14(22)9-13-10-26-8-6-7-20-17(24)16(13)23/h12-13,15H,6-11H2,1-5H3,(H,20,24)(H,21,25). The Morgan fingerprint density at radius 2 is 1.96 bits per heavy atom. The summed E-state index contributed by atoms with van der Waals surface area (Å²) in [4.78, 5) is 48.9. The number of ether oxygens (including phenoxy) is 2. The van der Waals surface area contributed by atoms with E-state index in [2.05, 4.69) is 10.6 Å². The molecule has 1 aliphatic heterocycles. The highest BCUT2D eigenvalue weighted by molar-refractivity contribution is 6.37. The Balaban J connectivity index is 2.73. The maximum Gasteiger partial charge on any atom is 0.407 e. The van der Waals surface area contributed by atoms with Crippen molar-refractivity contribution in [1.82, 2.24) is 10.6 Å². The van der Waals surface area contributed by atoms with Gasteiger partial charge in [0.25, 0.3) is 5.91 Å². The first-order chi connectivity index (χ1) is 12.5. The van der Waals surface area contributed by atoms with Crippen molar-refractivity contribution in [2.75, 3.05) is 26.4 Å². The largest absolute Gasteiger partial charge is 0.449 e. The average Bonchev–Trinajstić information content (AvgIpc) is 2.63. The molecule has 0 aromatic heterocycles. The fraction of sp³-hybridized carbons (Fsp3) is 0.789. The number of nitrogens with one attached hydrogen (secondary N) is 2. The molecule has 0 saturated carbocycles. The first-order valence-corrected chi connectivity index (χ1v) is 9.37. The molecule has 1 aliphatic rings. The number of hydrogen-bond acceptors (Lipinski definition) is 6. The van der Waals surface area contributed by atoms with E-state index in [1.54, 1.807) is 13.8 Å². The fourth-order valence-electron chi connectivity index (χ4n) is 2.54. The van der Waals surface area contributed by atoms with Crippen LogP contribution in [-0.4, -0.2) is 56.0 Å². The average molecular weight is 384 g/mol. The molecule has 8 nitrogen and oxygen atoms in total. The van der Waals surface area contributed by atoms with Gasteiger partial charge < -0.3 is 20.1 Å². The molecule has 1 heterocycles. The van der Waals surface area contributed by atoms with Gasteiger partial charge in [-0.05, 0) is 17.8 Å².